The summed E-state index contributed by atoms with van der Waals surface area (Å²) in [5.74, 6) is -2.22. The number of nitrogens with zero attached hydrogens (tertiary/aromatic N) is 2. The van der Waals surface area contributed by atoms with Gasteiger partial charge in [0.1, 0.15) is 18.3 Å². The Labute approximate surface area is 130 Å². The fourth-order valence-corrected chi connectivity index (χ4v) is 3.79. The molecule has 3 aliphatic heterocycles. The van der Waals surface area contributed by atoms with Crippen molar-refractivity contribution < 1.29 is 29.0 Å². The van der Waals surface area contributed by atoms with Crippen LogP contribution in [0, 0.1) is 5.92 Å². The number of aliphatic carboxylic acids is 1. The monoisotopic (exact) mass is 324 g/mol. The zero-order valence-electron chi connectivity index (χ0n) is 12.1. The zero-order chi connectivity index (χ0) is 16.9. The molecule has 3 heterocycles. The van der Waals surface area contributed by atoms with Crippen LogP contribution < -0.4 is 11.5 Å². The summed E-state index contributed by atoms with van der Waals surface area (Å²) < 4.78 is 4.69. The Morgan fingerprint density at radius 1 is 1.30 bits per heavy atom. The van der Waals surface area contributed by atoms with E-state index in [2.05, 4.69) is 0 Å². The fourth-order valence-electron chi connectivity index (χ4n) is 3.79. The third-order valence-corrected chi connectivity index (χ3v) is 4.49. The maximum atomic E-state index is 12.3. The van der Waals surface area contributed by atoms with Gasteiger partial charge in [-0.25, -0.2) is 9.59 Å². The van der Waals surface area contributed by atoms with Gasteiger partial charge in [0.2, 0.25) is 11.8 Å². The molecule has 0 spiro atoms. The van der Waals surface area contributed by atoms with E-state index in [0.717, 1.165) is 0 Å². The molecular formula is C13H16N4O6. The number of carbonyl (C=O) groups excluding carboxylic acids is 3. The fraction of sp³-hybridized carbons (Fsp3) is 0.538. The average molecular weight is 324 g/mol. The zero-order valence-corrected chi connectivity index (χ0v) is 12.1. The molecule has 0 bridgehead atoms. The van der Waals surface area contributed by atoms with Crippen molar-refractivity contribution in [1.29, 1.82) is 0 Å². The van der Waals surface area contributed by atoms with Gasteiger partial charge in [-0.15, -0.1) is 0 Å². The number of carbonyl (C=O) groups is 4. The lowest BCUT2D eigenvalue weighted by molar-refractivity contribution is -0.157. The lowest BCUT2D eigenvalue weighted by Crippen LogP contribution is -2.69. The molecule has 0 unspecified atom stereocenters. The molecule has 0 aromatic heterocycles. The molecule has 0 aromatic carbocycles. The average Bonchev–Trinajstić information content (AvgIpc) is 2.76. The van der Waals surface area contributed by atoms with Crippen molar-refractivity contribution in [2.45, 2.75) is 18.5 Å². The molecule has 5 N–H and O–H groups in total. The van der Waals surface area contributed by atoms with Crippen LogP contribution in [0.4, 0.5) is 4.79 Å². The van der Waals surface area contributed by atoms with Gasteiger partial charge in [-0.05, 0) is 17.9 Å². The third kappa shape index (κ3) is 2.31. The highest BCUT2D eigenvalue weighted by atomic mass is 16.5. The van der Waals surface area contributed by atoms with Crippen molar-refractivity contribution in [2.24, 2.45) is 17.4 Å². The van der Waals surface area contributed by atoms with E-state index in [4.69, 9.17) is 16.2 Å². The van der Waals surface area contributed by atoms with Crippen LogP contribution in [0.3, 0.4) is 0 Å². The Morgan fingerprint density at radius 2 is 2.00 bits per heavy atom. The molecule has 3 rings (SSSR count). The van der Waals surface area contributed by atoms with Crippen LogP contribution >= 0.6 is 0 Å². The van der Waals surface area contributed by atoms with Crippen LogP contribution in [0.5, 0.6) is 0 Å². The van der Waals surface area contributed by atoms with E-state index >= 15 is 0 Å². The molecule has 3 atom stereocenters. The number of hydrogen-bond acceptors (Lipinski definition) is 6. The van der Waals surface area contributed by atoms with Gasteiger partial charge in [0, 0.05) is 6.54 Å². The van der Waals surface area contributed by atoms with E-state index in [1.165, 1.54) is 4.90 Å². The Hall–Kier alpha value is -2.62. The van der Waals surface area contributed by atoms with Gasteiger partial charge in [0.05, 0.1) is 12.6 Å². The molecule has 124 valence electrons. The molecule has 0 aromatic rings. The first-order valence-corrected chi connectivity index (χ1v) is 7.04. The summed E-state index contributed by atoms with van der Waals surface area (Å²) in [6.45, 7) is 0.130. The molecule has 3 aliphatic rings. The van der Waals surface area contributed by atoms with Gasteiger partial charge in [-0.1, -0.05) is 0 Å². The predicted molar refractivity (Wildman–Crippen MR) is 73.5 cm³/mol. The molecule has 2 saturated heterocycles. The summed E-state index contributed by atoms with van der Waals surface area (Å²) in [6.07, 6.45) is -0.659. The minimum absolute atomic E-state index is 0.0355. The van der Waals surface area contributed by atoms with Crippen molar-refractivity contribution in [3.05, 3.63) is 11.3 Å². The summed E-state index contributed by atoms with van der Waals surface area (Å²) >= 11 is 0. The molecule has 10 nitrogen and oxygen atoms in total. The summed E-state index contributed by atoms with van der Waals surface area (Å²) in [4.78, 5) is 48.7. The number of β-lactam (4-membered cyclic amide) rings is 1. The maximum absolute atomic E-state index is 12.3. The van der Waals surface area contributed by atoms with E-state index in [0.29, 0.717) is 18.5 Å². The van der Waals surface area contributed by atoms with Gasteiger partial charge >= 0.3 is 12.1 Å². The quantitative estimate of drug-likeness (QED) is 0.485. The smallest absolute Gasteiger partial charge is 0.404 e. The summed E-state index contributed by atoms with van der Waals surface area (Å²) in [7, 11) is 0. The Balaban J connectivity index is 1.88. The highest BCUT2D eigenvalue weighted by Gasteiger charge is 2.62. The molecule has 3 amide bonds. The number of likely N-dealkylation sites (tertiary alicyclic amines) is 1. The second-order valence-corrected chi connectivity index (χ2v) is 5.87. The molecular weight excluding hydrogens is 308 g/mol. The first-order valence-electron chi connectivity index (χ1n) is 7.04. The van der Waals surface area contributed by atoms with Crippen LogP contribution in [0.15, 0.2) is 11.3 Å². The number of rotatable bonds is 5. The number of nitrogens with two attached hydrogens (primary N) is 2. The Bertz CT molecular complexity index is 644. The minimum atomic E-state index is -1.26. The standard InChI is InChI=1S/C13H16N4O6/c14-7(18)3-16-2-5-1-6(4-23-13(15)22)9(12(20)21)17-8(5)10(16)11(17)19/h5,8,10H,1-4H2,(H2,14,18)(H2,15,22)(H,20,21)/t5-,8-,10+/m1/s1. The van der Waals surface area contributed by atoms with Crippen LogP contribution in [-0.4, -0.2) is 70.6 Å². The van der Waals surface area contributed by atoms with Gasteiger partial charge in [0.15, 0.2) is 0 Å². The second-order valence-electron chi connectivity index (χ2n) is 5.87. The van der Waals surface area contributed by atoms with Gasteiger partial charge in [-0.2, -0.15) is 0 Å². The molecule has 0 aliphatic carbocycles. The number of carboxylic acids is 1. The molecule has 0 radical (unpaired) electrons. The van der Waals surface area contributed by atoms with Crippen molar-refractivity contribution in [1.82, 2.24) is 9.80 Å². The highest BCUT2D eigenvalue weighted by Crippen LogP contribution is 2.46. The van der Waals surface area contributed by atoms with Crippen LogP contribution in [0.2, 0.25) is 0 Å². The first kappa shape index (κ1) is 15.3. The van der Waals surface area contributed by atoms with Gasteiger partial charge in [0.25, 0.3) is 0 Å². The Morgan fingerprint density at radius 3 is 2.57 bits per heavy atom. The highest BCUT2D eigenvalue weighted by molar-refractivity contribution is 6.01. The second kappa shape index (κ2) is 5.23. The van der Waals surface area contributed by atoms with Gasteiger partial charge < -0.3 is 21.3 Å². The number of amides is 3. The normalized spacial score (nSPS) is 29.1. The SMILES string of the molecule is NC(=O)CN1C[C@H]2CC(COC(N)=O)=C(C(=O)O)N3C(=O)[C@@H]1[C@@H]23. The topological polar surface area (TPSA) is 156 Å². The van der Waals surface area contributed by atoms with E-state index in [1.54, 1.807) is 4.90 Å². The summed E-state index contributed by atoms with van der Waals surface area (Å²) in [5.41, 5.74) is 10.3. The van der Waals surface area contributed by atoms with E-state index < -0.39 is 24.0 Å². The number of hydrogen-bond donors (Lipinski definition) is 3. The Kier molecular flexibility index (Phi) is 3.48. The maximum Gasteiger partial charge on any atom is 0.404 e. The van der Waals surface area contributed by atoms with E-state index in [-0.39, 0.29) is 36.7 Å². The lowest BCUT2D eigenvalue weighted by Gasteiger charge is -2.50. The van der Waals surface area contributed by atoms with Crippen LogP contribution in [0.1, 0.15) is 6.42 Å². The minimum Gasteiger partial charge on any atom is -0.477 e. The third-order valence-electron chi connectivity index (χ3n) is 4.49. The molecule has 10 heteroatoms. The molecule has 2 fully saturated rings. The van der Waals surface area contributed by atoms with Crippen molar-refractivity contribution in [3.8, 4) is 0 Å². The molecule has 23 heavy (non-hydrogen) atoms. The van der Waals surface area contributed by atoms with Crippen molar-refractivity contribution in [2.75, 3.05) is 19.7 Å². The first-order chi connectivity index (χ1) is 10.8. The van der Waals surface area contributed by atoms with Crippen LogP contribution in [-0.2, 0) is 19.1 Å². The summed E-state index contributed by atoms with van der Waals surface area (Å²) in [5, 5.41) is 9.41. The van der Waals surface area contributed by atoms with E-state index in [9.17, 15) is 24.3 Å². The van der Waals surface area contributed by atoms with Crippen molar-refractivity contribution in [3.63, 3.8) is 0 Å². The lowest BCUT2D eigenvalue weighted by atomic mass is 9.79. The summed E-state index contributed by atoms with van der Waals surface area (Å²) in [6, 6.07) is -0.800. The molecule has 0 saturated carbocycles. The number of primary amides is 2. The van der Waals surface area contributed by atoms with E-state index in [1.807, 2.05) is 0 Å². The number of carboxylic acid groups (broad SMARTS) is 1. The largest absolute Gasteiger partial charge is 0.477 e. The predicted octanol–water partition coefficient (Wildman–Crippen LogP) is -2.18. The van der Waals surface area contributed by atoms with Gasteiger partial charge in [-0.3, -0.25) is 19.4 Å². The van der Waals surface area contributed by atoms with Crippen LogP contribution in [0.25, 0.3) is 0 Å². The van der Waals surface area contributed by atoms with Crippen molar-refractivity contribution >= 4 is 23.9 Å². The number of ether oxygens (including phenoxy) is 1.